The molecular weight excluding hydrogens is 857 g/mol. The van der Waals surface area contributed by atoms with Gasteiger partial charge in [0.2, 0.25) is 0 Å². The van der Waals surface area contributed by atoms with Crippen molar-refractivity contribution < 1.29 is 20.1 Å². The molecule has 4 aromatic carbocycles. The number of rotatable bonds is 0. The molecule has 0 N–H and O–H groups in total. The zero-order valence-electron chi connectivity index (χ0n) is 30.9. The van der Waals surface area contributed by atoms with Gasteiger partial charge in [0.15, 0.2) is 0 Å². The molecule has 0 aliphatic carbocycles. The van der Waals surface area contributed by atoms with E-state index >= 15 is 0 Å². The van der Waals surface area contributed by atoms with Crippen LogP contribution in [0, 0.1) is 13.3 Å². The quantitative estimate of drug-likeness (QED) is 0.140. The Balaban J connectivity index is 0.000000241. The topological polar surface area (TPSA) is 66.9 Å². The molecule has 7 aromatic rings. The van der Waals surface area contributed by atoms with Crippen molar-refractivity contribution in [1.82, 2.24) is 39.5 Å². The molecular formula is C46H38IrN8-4. The molecule has 7 heterocycles. The molecule has 8 bridgehead atoms. The molecule has 1 radical (unpaired) electrons. The van der Waals surface area contributed by atoms with E-state index in [1.54, 1.807) is 0 Å². The molecule has 4 aliphatic heterocycles. The number of hydrogen-bond acceptors (Lipinski definition) is 6. The average Bonchev–Trinajstić information content (AvgIpc) is 4.04. The second-order valence-electron chi connectivity index (χ2n) is 13.8. The maximum Gasteiger partial charge on any atom is 0.0704 e. The molecule has 8 nitrogen and oxygen atoms in total. The Morgan fingerprint density at radius 3 is 0.836 bits per heavy atom. The molecule has 9 heteroatoms. The predicted molar refractivity (Wildman–Crippen MR) is 221 cm³/mol. The molecule has 0 unspecified atom stereocenters. The van der Waals surface area contributed by atoms with Gasteiger partial charge in [-0.15, -0.1) is 22.1 Å². The molecule has 4 aliphatic rings. The van der Waals surface area contributed by atoms with Gasteiger partial charge >= 0.3 is 0 Å². The molecule has 11 rings (SSSR count). The monoisotopic (exact) mass is 895 g/mol. The van der Waals surface area contributed by atoms with Crippen molar-refractivity contribution >= 4 is 43.6 Å². The van der Waals surface area contributed by atoms with E-state index in [0.717, 1.165) is 88.6 Å². The van der Waals surface area contributed by atoms with Crippen LogP contribution in [-0.4, -0.2) is 57.8 Å². The Hall–Kier alpha value is -6.15. The van der Waals surface area contributed by atoms with Crippen LogP contribution >= 0.6 is 0 Å². The van der Waals surface area contributed by atoms with Crippen molar-refractivity contribution in [3.05, 3.63) is 159 Å². The summed E-state index contributed by atoms with van der Waals surface area (Å²) in [6.45, 7) is 4.00. The summed E-state index contributed by atoms with van der Waals surface area (Å²) in [5, 5.41) is 4.41. The number of benzene rings is 4. The van der Waals surface area contributed by atoms with Crippen LogP contribution in [0.2, 0.25) is 0 Å². The number of fused-ring (bicyclic) bond motifs is 20. The van der Waals surface area contributed by atoms with Crippen molar-refractivity contribution in [2.45, 2.75) is 0 Å². The van der Waals surface area contributed by atoms with E-state index in [0.29, 0.717) is 0 Å². The third-order valence-corrected chi connectivity index (χ3v) is 9.78. The first-order valence-electron chi connectivity index (χ1n) is 17.9. The third-order valence-electron chi connectivity index (χ3n) is 9.78. The first kappa shape index (κ1) is 35.9. The first-order valence-corrected chi connectivity index (χ1v) is 17.9. The molecule has 275 valence electrons. The first-order chi connectivity index (χ1) is 26.4. The second kappa shape index (κ2) is 14.9. The van der Waals surface area contributed by atoms with Gasteiger partial charge in [0.25, 0.3) is 0 Å². The van der Waals surface area contributed by atoms with Crippen LogP contribution in [0.3, 0.4) is 0 Å². The predicted octanol–water partition coefficient (Wildman–Crippen LogP) is 9.45. The Morgan fingerprint density at radius 2 is 0.618 bits per heavy atom. The zero-order chi connectivity index (χ0) is 36.8. The fraction of sp³-hybridized carbons (Fsp3) is 0.0870. The van der Waals surface area contributed by atoms with Crippen LogP contribution in [-0.2, 0) is 20.1 Å². The van der Waals surface area contributed by atoms with Crippen LogP contribution in [0.1, 0.15) is 0 Å². The van der Waals surface area contributed by atoms with Gasteiger partial charge in [-0.05, 0) is 98.8 Å². The summed E-state index contributed by atoms with van der Waals surface area (Å²) >= 11 is 0. The molecule has 55 heavy (non-hydrogen) atoms. The van der Waals surface area contributed by atoms with Crippen LogP contribution in [0.4, 0.5) is 0 Å². The summed E-state index contributed by atoms with van der Waals surface area (Å²) in [5.41, 5.74) is 11.7. The summed E-state index contributed by atoms with van der Waals surface area (Å²) in [6.07, 6.45) is 8.00. The minimum Gasteiger partial charge on any atom is -0.657 e. The average molecular weight is 895 g/mol. The van der Waals surface area contributed by atoms with Crippen LogP contribution in [0.5, 0.6) is 0 Å². The molecule has 0 saturated heterocycles. The van der Waals surface area contributed by atoms with Gasteiger partial charge < -0.3 is 29.6 Å². The minimum atomic E-state index is 0. The summed E-state index contributed by atoms with van der Waals surface area (Å²) in [7, 11) is 8.00. The van der Waals surface area contributed by atoms with E-state index in [-0.39, 0.29) is 20.1 Å². The third kappa shape index (κ3) is 7.00. The second-order valence-corrected chi connectivity index (χ2v) is 13.8. The summed E-state index contributed by atoms with van der Waals surface area (Å²) in [4.78, 5) is 28.5. The Labute approximate surface area is 334 Å². The van der Waals surface area contributed by atoms with Gasteiger partial charge in [0.1, 0.15) is 0 Å². The van der Waals surface area contributed by atoms with Crippen molar-refractivity contribution in [2.24, 2.45) is 0 Å². The molecule has 3 aromatic heterocycles. The molecule has 0 spiro atoms. The Morgan fingerprint density at radius 1 is 0.382 bits per heavy atom. The fourth-order valence-electron chi connectivity index (χ4n) is 7.27. The van der Waals surface area contributed by atoms with Crippen molar-refractivity contribution in [2.75, 3.05) is 28.2 Å². The van der Waals surface area contributed by atoms with Gasteiger partial charge in [-0.1, -0.05) is 97.1 Å². The van der Waals surface area contributed by atoms with Gasteiger partial charge in [-0.2, -0.15) is 13.3 Å². The summed E-state index contributed by atoms with van der Waals surface area (Å²) < 4.78 is 0. The number of aromatic nitrogens is 4. The van der Waals surface area contributed by atoms with Crippen LogP contribution in [0.25, 0.3) is 88.6 Å². The summed E-state index contributed by atoms with van der Waals surface area (Å²) in [6, 6.07) is 42.1. The zero-order valence-corrected chi connectivity index (χ0v) is 33.3. The van der Waals surface area contributed by atoms with Crippen LogP contribution < -0.4 is 9.97 Å². The Kier molecular flexibility index (Phi) is 9.74. The molecule has 0 atom stereocenters. The van der Waals surface area contributed by atoms with Crippen LogP contribution in [0.15, 0.2) is 146 Å². The number of nitrogens with zero attached hydrogens (tertiary/aromatic N) is 8. The molecule has 0 amide bonds. The maximum atomic E-state index is 5.13. The van der Waals surface area contributed by atoms with Crippen molar-refractivity contribution in [3.63, 3.8) is 0 Å². The minimum absolute atomic E-state index is 0. The van der Waals surface area contributed by atoms with E-state index in [9.17, 15) is 0 Å². The molecule has 0 saturated carbocycles. The van der Waals surface area contributed by atoms with E-state index in [2.05, 4.69) is 121 Å². The van der Waals surface area contributed by atoms with E-state index < -0.39 is 0 Å². The summed E-state index contributed by atoms with van der Waals surface area (Å²) in [5.74, 6) is 0. The van der Waals surface area contributed by atoms with E-state index in [1.807, 2.05) is 85.9 Å². The standard InChI is InChI=1S/C36H20N4.2C5H9N2.Ir/c1-2-10-22-21(9-1)29-17-31-23-11-3-4-12-24(23)33(38-31)19-35-27-15-7-8-16-28(27)36(40-35)20-34-26-14-6-5-13-25(26)32(39-34)18-30(22)37-29;2*1-6-3-4-7(2)5-6;/h1-20H;2*3-5H,1-2H3;/q-2;2*-1;. The van der Waals surface area contributed by atoms with Crippen molar-refractivity contribution in [1.29, 1.82) is 0 Å². The van der Waals surface area contributed by atoms with E-state index in [4.69, 9.17) is 19.9 Å². The van der Waals surface area contributed by atoms with E-state index in [1.165, 1.54) is 0 Å². The number of hydrogen-bond donors (Lipinski definition) is 0. The maximum absolute atomic E-state index is 5.13. The van der Waals surface area contributed by atoms with Gasteiger partial charge in [-0.3, -0.25) is 0 Å². The van der Waals surface area contributed by atoms with Gasteiger partial charge in [0.05, 0.1) is 22.8 Å². The fourth-order valence-corrected chi connectivity index (χ4v) is 7.27. The largest absolute Gasteiger partial charge is 0.657 e. The molecule has 0 fully saturated rings. The smallest absolute Gasteiger partial charge is 0.0704 e. The Bertz CT molecular complexity index is 2410. The normalized spacial score (nSPS) is 13.6. The van der Waals surface area contributed by atoms with Gasteiger partial charge in [0, 0.05) is 42.4 Å². The SMILES string of the molecule is CN1C=CN(C)[CH-]1.CN1C=CN(C)[CH-]1.[Ir].c1ccc2c(c1)-c1cc3[n-]c(cc4nc(cc5[n-]c(cc-2n1)c1ccccc51)-c1ccccc1-4)c1ccccc31. The van der Waals surface area contributed by atoms with Gasteiger partial charge in [-0.25, -0.2) is 9.97 Å². The van der Waals surface area contributed by atoms with Crippen molar-refractivity contribution in [3.8, 4) is 45.0 Å².